The van der Waals surface area contributed by atoms with E-state index in [1.54, 1.807) is 12.1 Å². The molecule has 0 bridgehead atoms. The minimum Gasteiger partial charge on any atom is -0.481 e. The monoisotopic (exact) mass is 484 g/mol. The first-order chi connectivity index (χ1) is 17.4. The van der Waals surface area contributed by atoms with Crippen molar-refractivity contribution in [1.82, 2.24) is 5.32 Å². The maximum atomic E-state index is 12.2. The first-order valence-corrected chi connectivity index (χ1v) is 12.3. The third kappa shape index (κ3) is 6.75. The van der Waals surface area contributed by atoms with E-state index in [1.165, 1.54) is 5.56 Å². The number of aliphatic carboxylic acids is 1. The molecular formula is C30H32N2O4. The van der Waals surface area contributed by atoms with Crippen LogP contribution in [0.5, 0.6) is 0 Å². The van der Waals surface area contributed by atoms with Crippen LogP contribution in [-0.4, -0.2) is 29.6 Å². The third-order valence-corrected chi connectivity index (χ3v) is 6.04. The second kappa shape index (κ2) is 11.6. The van der Waals surface area contributed by atoms with E-state index in [9.17, 15) is 9.59 Å². The summed E-state index contributed by atoms with van der Waals surface area (Å²) < 4.78 is 6.00. The molecule has 186 valence electrons. The molecule has 0 saturated heterocycles. The molecule has 6 nitrogen and oxygen atoms in total. The summed E-state index contributed by atoms with van der Waals surface area (Å²) in [7, 11) is 0. The van der Waals surface area contributed by atoms with Crippen LogP contribution in [0.2, 0.25) is 0 Å². The largest absolute Gasteiger partial charge is 0.481 e. The van der Waals surface area contributed by atoms with E-state index in [-0.39, 0.29) is 24.9 Å². The van der Waals surface area contributed by atoms with Gasteiger partial charge in [-0.1, -0.05) is 56.3 Å². The number of anilines is 1. The number of benzene rings is 3. The van der Waals surface area contributed by atoms with Crippen molar-refractivity contribution in [2.24, 2.45) is 5.92 Å². The van der Waals surface area contributed by atoms with Crippen molar-refractivity contribution in [2.45, 2.75) is 39.2 Å². The highest BCUT2D eigenvalue weighted by atomic mass is 16.4. The first-order valence-electron chi connectivity index (χ1n) is 12.3. The van der Waals surface area contributed by atoms with Gasteiger partial charge in [0.05, 0.1) is 6.42 Å². The molecule has 36 heavy (non-hydrogen) atoms. The van der Waals surface area contributed by atoms with E-state index in [2.05, 4.69) is 60.9 Å². The number of carboxylic acids is 1. The number of carbonyl (C=O) groups excluding carboxylic acids is 1. The standard InChI is InChI=1S/C30H32N2O4/c1-20(2)17-26(32-25-13-11-23(12-14-25)30(35)31-16-15-29(33)34)18-21-7-9-22(10-8-21)28-19-24-5-3-4-6-27(24)36-28/h3-14,19-20,26,32H,15-18H2,1-2H3,(H,31,35)(H,33,34). The lowest BCUT2D eigenvalue weighted by Gasteiger charge is -2.22. The van der Waals surface area contributed by atoms with E-state index in [1.807, 2.05) is 30.3 Å². The number of fused-ring (bicyclic) bond motifs is 1. The minimum absolute atomic E-state index is 0.0957. The summed E-state index contributed by atoms with van der Waals surface area (Å²) in [4.78, 5) is 22.8. The van der Waals surface area contributed by atoms with Gasteiger partial charge in [0, 0.05) is 34.8 Å². The summed E-state index contributed by atoms with van der Waals surface area (Å²) in [5, 5.41) is 16.1. The predicted octanol–water partition coefficient (Wildman–Crippen LogP) is 6.37. The zero-order valence-electron chi connectivity index (χ0n) is 20.7. The van der Waals surface area contributed by atoms with Gasteiger partial charge in [-0.15, -0.1) is 0 Å². The van der Waals surface area contributed by atoms with Crippen molar-refractivity contribution in [3.63, 3.8) is 0 Å². The zero-order chi connectivity index (χ0) is 25.5. The van der Waals surface area contributed by atoms with Gasteiger partial charge in [0.15, 0.2) is 0 Å². The van der Waals surface area contributed by atoms with Crippen LogP contribution in [0.1, 0.15) is 42.6 Å². The fourth-order valence-electron chi connectivity index (χ4n) is 4.31. The molecule has 4 rings (SSSR count). The Hall–Kier alpha value is -4.06. The average Bonchev–Trinajstić information content (AvgIpc) is 3.28. The van der Waals surface area contributed by atoms with Crippen LogP contribution in [0, 0.1) is 5.92 Å². The van der Waals surface area contributed by atoms with Crippen LogP contribution in [0.15, 0.2) is 83.3 Å². The smallest absolute Gasteiger partial charge is 0.305 e. The Morgan fingerprint density at radius 2 is 1.67 bits per heavy atom. The molecule has 1 unspecified atom stereocenters. The molecule has 0 spiro atoms. The highest BCUT2D eigenvalue weighted by molar-refractivity contribution is 5.94. The number of nitrogens with one attached hydrogen (secondary N) is 2. The molecule has 0 aliphatic heterocycles. The van der Waals surface area contributed by atoms with Crippen LogP contribution in [0.4, 0.5) is 5.69 Å². The van der Waals surface area contributed by atoms with Gasteiger partial charge >= 0.3 is 5.97 Å². The summed E-state index contributed by atoms with van der Waals surface area (Å²) in [5.74, 6) is 0.185. The zero-order valence-corrected chi connectivity index (χ0v) is 20.7. The molecule has 0 saturated carbocycles. The highest BCUT2D eigenvalue weighted by Gasteiger charge is 2.14. The Morgan fingerprint density at radius 3 is 2.33 bits per heavy atom. The molecular weight excluding hydrogens is 452 g/mol. The molecule has 1 aromatic heterocycles. The Kier molecular flexibility index (Phi) is 8.06. The fourth-order valence-corrected chi connectivity index (χ4v) is 4.31. The van der Waals surface area contributed by atoms with E-state index < -0.39 is 5.97 Å². The van der Waals surface area contributed by atoms with E-state index in [0.717, 1.165) is 40.8 Å². The molecule has 1 amide bonds. The van der Waals surface area contributed by atoms with Crippen LogP contribution < -0.4 is 10.6 Å². The lowest BCUT2D eigenvalue weighted by atomic mass is 9.96. The number of furan rings is 1. The Morgan fingerprint density at radius 1 is 0.944 bits per heavy atom. The van der Waals surface area contributed by atoms with E-state index >= 15 is 0 Å². The van der Waals surface area contributed by atoms with Gasteiger partial charge in [0.25, 0.3) is 5.91 Å². The van der Waals surface area contributed by atoms with E-state index in [4.69, 9.17) is 9.52 Å². The van der Waals surface area contributed by atoms with Gasteiger partial charge in [0.2, 0.25) is 0 Å². The number of amides is 1. The number of carboxylic acid groups (broad SMARTS) is 1. The highest BCUT2D eigenvalue weighted by Crippen LogP contribution is 2.28. The molecule has 4 aromatic rings. The maximum absolute atomic E-state index is 12.2. The second-order valence-corrected chi connectivity index (χ2v) is 9.50. The Balaban J connectivity index is 1.39. The maximum Gasteiger partial charge on any atom is 0.305 e. The van der Waals surface area contributed by atoms with Gasteiger partial charge in [-0.3, -0.25) is 9.59 Å². The van der Waals surface area contributed by atoms with Crippen molar-refractivity contribution < 1.29 is 19.1 Å². The number of hydrogen-bond acceptors (Lipinski definition) is 4. The Labute approximate surface area is 211 Å². The van der Waals surface area contributed by atoms with Crippen LogP contribution in [0.25, 0.3) is 22.3 Å². The van der Waals surface area contributed by atoms with Gasteiger partial charge in [-0.05, 0) is 60.7 Å². The van der Waals surface area contributed by atoms with Crippen molar-refractivity contribution in [3.8, 4) is 11.3 Å². The average molecular weight is 485 g/mol. The number of para-hydroxylation sites is 1. The summed E-state index contributed by atoms with van der Waals surface area (Å²) in [5.41, 5.74) is 4.64. The lowest BCUT2D eigenvalue weighted by molar-refractivity contribution is -0.136. The quantitative estimate of drug-likeness (QED) is 0.230. The summed E-state index contributed by atoms with van der Waals surface area (Å²) >= 11 is 0. The lowest BCUT2D eigenvalue weighted by Crippen LogP contribution is -2.26. The topological polar surface area (TPSA) is 91.6 Å². The molecule has 0 aliphatic carbocycles. The molecule has 6 heteroatoms. The van der Waals surface area contributed by atoms with Gasteiger partial charge in [0.1, 0.15) is 11.3 Å². The number of carbonyl (C=O) groups is 2. The van der Waals surface area contributed by atoms with Crippen molar-refractivity contribution >= 4 is 28.5 Å². The molecule has 1 atom stereocenters. The summed E-state index contributed by atoms with van der Waals surface area (Å²) in [6.45, 7) is 4.54. The van der Waals surface area contributed by atoms with Gasteiger partial charge < -0.3 is 20.2 Å². The normalized spacial score (nSPS) is 12.0. The third-order valence-electron chi connectivity index (χ3n) is 6.04. The van der Waals surface area contributed by atoms with Gasteiger partial charge in [-0.25, -0.2) is 0 Å². The summed E-state index contributed by atoms with van der Waals surface area (Å²) in [6, 6.07) is 26.2. The second-order valence-electron chi connectivity index (χ2n) is 9.50. The molecule has 3 aromatic carbocycles. The number of hydrogen-bond donors (Lipinski definition) is 3. The Bertz CT molecular complexity index is 1270. The van der Waals surface area contributed by atoms with Crippen molar-refractivity contribution in [1.29, 1.82) is 0 Å². The van der Waals surface area contributed by atoms with Crippen molar-refractivity contribution in [3.05, 3.63) is 90.0 Å². The van der Waals surface area contributed by atoms with Gasteiger partial charge in [-0.2, -0.15) is 0 Å². The fraction of sp³-hybridized carbons (Fsp3) is 0.267. The molecule has 1 heterocycles. The summed E-state index contributed by atoms with van der Waals surface area (Å²) in [6.07, 6.45) is 1.78. The van der Waals surface area contributed by atoms with E-state index in [0.29, 0.717) is 11.5 Å². The van der Waals surface area contributed by atoms with Crippen LogP contribution >= 0.6 is 0 Å². The molecule has 3 N–H and O–H groups in total. The SMILES string of the molecule is CC(C)CC(Cc1ccc(-c2cc3ccccc3o2)cc1)Nc1ccc(C(=O)NCCC(=O)O)cc1. The predicted molar refractivity (Wildman–Crippen MR) is 143 cm³/mol. The number of rotatable bonds is 11. The molecule has 0 fully saturated rings. The van der Waals surface area contributed by atoms with Crippen molar-refractivity contribution in [2.75, 3.05) is 11.9 Å². The molecule has 0 radical (unpaired) electrons. The van der Waals surface area contributed by atoms with Crippen LogP contribution in [-0.2, 0) is 11.2 Å². The van der Waals surface area contributed by atoms with Crippen LogP contribution in [0.3, 0.4) is 0 Å². The minimum atomic E-state index is -0.935. The first kappa shape index (κ1) is 25.0. The molecule has 0 aliphatic rings.